The fourth-order valence-corrected chi connectivity index (χ4v) is 3.34. The number of carboxylic acid groups (broad SMARTS) is 1. The molecule has 21 heavy (non-hydrogen) atoms. The van der Waals surface area contributed by atoms with Crippen LogP contribution >= 0.6 is 0 Å². The van der Waals surface area contributed by atoms with Gasteiger partial charge in [0.25, 0.3) is 0 Å². The Bertz CT molecular complexity index is 389. The number of amides is 2. The maximum Gasteiger partial charge on any atom is 0.315 e. The van der Waals surface area contributed by atoms with E-state index in [4.69, 9.17) is 5.11 Å². The molecule has 0 radical (unpaired) electrons. The van der Waals surface area contributed by atoms with E-state index in [9.17, 15) is 9.59 Å². The third-order valence-electron chi connectivity index (χ3n) is 5.11. The van der Waals surface area contributed by atoms with E-state index in [2.05, 4.69) is 31.4 Å². The summed E-state index contributed by atoms with van der Waals surface area (Å²) in [5, 5.41) is 15.0. The van der Waals surface area contributed by atoms with Gasteiger partial charge in [0, 0.05) is 12.1 Å². The maximum atomic E-state index is 11.9. The van der Waals surface area contributed by atoms with Crippen molar-refractivity contribution in [1.29, 1.82) is 0 Å². The zero-order valence-corrected chi connectivity index (χ0v) is 13.3. The standard InChI is InChI=1S/C16H28N2O3/c1-16(2,3)11-8-13(9-11)18-15(21)17-12-6-4-10(5-7-12)14(19)20/h10-13H,4-9H2,1-3H3,(H,19,20)(H2,17,18,21). The lowest BCUT2D eigenvalue weighted by Crippen LogP contribution is -2.53. The van der Waals surface area contributed by atoms with Crippen LogP contribution in [0.25, 0.3) is 0 Å². The number of nitrogens with one attached hydrogen (secondary N) is 2. The molecule has 0 spiro atoms. The first-order chi connectivity index (χ1) is 9.75. The average molecular weight is 296 g/mol. The van der Waals surface area contributed by atoms with Crippen LogP contribution in [0.5, 0.6) is 0 Å². The van der Waals surface area contributed by atoms with Gasteiger partial charge in [0.1, 0.15) is 0 Å². The van der Waals surface area contributed by atoms with Crippen LogP contribution in [0.2, 0.25) is 0 Å². The summed E-state index contributed by atoms with van der Waals surface area (Å²) >= 11 is 0. The largest absolute Gasteiger partial charge is 0.481 e. The normalized spacial score (nSPS) is 32.9. The molecule has 5 heteroatoms. The minimum Gasteiger partial charge on any atom is -0.481 e. The van der Waals surface area contributed by atoms with Crippen molar-refractivity contribution in [1.82, 2.24) is 10.6 Å². The number of urea groups is 1. The second-order valence-corrected chi connectivity index (χ2v) is 7.74. The molecule has 0 unspecified atom stereocenters. The van der Waals surface area contributed by atoms with Gasteiger partial charge in [-0.3, -0.25) is 4.79 Å². The van der Waals surface area contributed by atoms with Gasteiger partial charge >= 0.3 is 12.0 Å². The highest BCUT2D eigenvalue weighted by atomic mass is 16.4. The molecule has 0 atom stereocenters. The highest BCUT2D eigenvalue weighted by molar-refractivity contribution is 5.75. The van der Waals surface area contributed by atoms with E-state index >= 15 is 0 Å². The summed E-state index contributed by atoms with van der Waals surface area (Å²) in [6.45, 7) is 6.73. The summed E-state index contributed by atoms with van der Waals surface area (Å²) in [5.41, 5.74) is 0.323. The van der Waals surface area contributed by atoms with Crippen LogP contribution in [0.1, 0.15) is 59.3 Å². The smallest absolute Gasteiger partial charge is 0.315 e. The lowest BCUT2D eigenvalue weighted by Gasteiger charge is -2.44. The Morgan fingerprint density at radius 2 is 1.48 bits per heavy atom. The molecule has 5 nitrogen and oxygen atoms in total. The van der Waals surface area contributed by atoms with Gasteiger partial charge in [-0.1, -0.05) is 20.8 Å². The van der Waals surface area contributed by atoms with E-state index in [-0.39, 0.29) is 18.0 Å². The Hall–Kier alpha value is -1.26. The quantitative estimate of drug-likeness (QED) is 0.749. The molecule has 120 valence electrons. The molecule has 0 heterocycles. The lowest BCUT2D eigenvalue weighted by atomic mass is 9.66. The molecule has 0 aromatic heterocycles. The second-order valence-electron chi connectivity index (χ2n) is 7.74. The Morgan fingerprint density at radius 3 is 1.95 bits per heavy atom. The Labute approximate surface area is 126 Å². The number of hydrogen-bond acceptors (Lipinski definition) is 2. The number of aliphatic carboxylic acids is 1. The Balaban J connectivity index is 1.64. The Kier molecular flexibility index (Phi) is 4.79. The van der Waals surface area contributed by atoms with E-state index in [0.29, 0.717) is 30.2 Å². The first-order valence-corrected chi connectivity index (χ1v) is 8.05. The summed E-state index contributed by atoms with van der Waals surface area (Å²) in [4.78, 5) is 22.8. The number of carboxylic acids is 1. The van der Waals surface area contributed by atoms with Gasteiger partial charge in [0.2, 0.25) is 0 Å². The first-order valence-electron chi connectivity index (χ1n) is 8.05. The van der Waals surface area contributed by atoms with E-state index in [1.807, 2.05) is 0 Å². The van der Waals surface area contributed by atoms with Crippen LogP contribution in [0.4, 0.5) is 4.79 Å². The SMILES string of the molecule is CC(C)(C)C1CC(NC(=O)NC2CCC(C(=O)O)CC2)C1. The highest BCUT2D eigenvalue weighted by Crippen LogP contribution is 2.41. The molecular formula is C16H28N2O3. The molecule has 0 saturated heterocycles. The Morgan fingerprint density at radius 1 is 0.952 bits per heavy atom. The van der Waals surface area contributed by atoms with Crippen molar-refractivity contribution in [2.75, 3.05) is 0 Å². The first kappa shape index (κ1) is 16.1. The fraction of sp³-hybridized carbons (Fsp3) is 0.875. The van der Waals surface area contributed by atoms with Gasteiger partial charge in [-0.2, -0.15) is 0 Å². The van der Waals surface area contributed by atoms with Crippen molar-refractivity contribution in [3.05, 3.63) is 0 Å². The minimum atomic E-state index is -0.708. The van der Waals surface area contributed by atoms with E-state index in [1.165, 1.54) is 0 Å². The van der Waals surface area contributed by atoms with Crippen molar-refractivity contribution >= 4 is 12.0 Å². The predicted molar refractivity (Wildman–Crippen MR) is 81.0 cm³/mol. The molecule has 0 aromatic carbocycles. The van der Waals surface area contributed by atoms with Crippen molar-refractivity contribution in [2.45, 2.75) is 71.4 Å². The molecule has 2 aliphatic carbocycles. The second kappa shape index (κ2) is 6.24. The van der Waals surface area contributed by atoms with Crippen LogP contribution in [-0.4, -0.2) is 29.2 Å². The topological polar surface area (TPSA) is 78.4 Å². The molecule has 2 aliphatic rings. The van der Waals surface area contributed by atoms with Crippen molar-refractivity contribution in [3.8, 4) is 0 Å². The summed E-state index contributed by atoms with van der Waals surface area (Å²) in [5.74, 6) is -0.250. The molecule has 2 amide bonds. The number of rotatable bonds is 3. The molecule has 2 rings (SSSR count). The minimum absolute atomic E-state index is 0.0915. The van der Waals surface area contributed by atoms with Crippen molar-refractivity contribution in [3.63, 3.8) is 0 Å². The number of carbonyl (C=O) groups excluding carboxylic acids is 1. The van der Waals surface area contributed by atoms with E-state index in [0.717, 1.165) is 25.7 Å². The summed E-state index contributed by atoms with van der Waals surface area (Å²) in [7, 11) is 0. The summed E-state index contributed by atoms with van der Waals surface area (Å²) < 4.78 is 0. The van der Waals surface area contributed by atoms with Crippen LogP contribution in [0.15, 0.2) is 0 Å². The van der Waals surface area contributed by atoms with Gasteiger partial charge in [-0.05, 0) is 49.9 Å². The number of carbonyl (C=O) groups is 2. The molecule has 2 saturated carbocycles. The van der Waals surface area contributed by atoms with Crippen molar-refractivity contribution < 1.29 is 14.7 Å². The molecular weight excluding hydrogens is 268 g/mol. The van der Waals surface area contributed by atoms with E-state index in [1.54, 1.807) is 0 Å². The van der Waals surface area contributed by atoms with Gasteiger partial charge in [-0.25, -0.2) is 4.79 Å². The average Bonchev–Trinajstić information content (AvgIpc) is 2.32. The summed E-state index contributed by atoms with van der Waals surface area (Å²) in [6.07, 6.45) is 4.97. The number of hydrogen-bond donors (Lipinski definition) is 3. The monoisotopic (exact) mass is 296 g/mol. The van der Waals surface area contributed by atoms with Crippen LogP contribution in [0, 0.1) is 17.3 Å². The zero-order valence-electron chi connectivity index (χ0n) is 13.3. The van der Waals surface area contributed by atoms with Crippen LogP contribution < -0.4 is 10.6 Å². The molecule has 0 bridgehead atoms. The third kappa shape index (κ3) is 4.35. The van der Waals surface area contributed by atoms with Gasteiger partial charge in [0.15, 0.2) is 0 Å². The predicted octanol–water partition coefficient (Wildman–Crippen LogP) is 2.75. The highest BCUT2D eigenvalue weighted by Gasteiger charge is 2.38. The summed E-state index contributed by atoms with van der Waals surface area (Å²) in [6, 6.07) is 0.329. The fourth-order valence-electron chi connectivity index (χ4n) is 3.34. The van der Waals surface area contributed by atoms with Gasteiger partial charge in [-0.15, -0.1) is 0 Å². The van der Waals surface area contributed by atoms with E-state index < -0.39 is 5.97 Å². The molecule has 0 aromatic rings. The zero-order chi connectivity index (χ0) is 15.6. The maximum absolute atomic E-state index is 11.9. The van der Waals surface area contributed by atoms with Gasteiger partial charge in [0.05, 0.1) is 5.92 Å². The molecule has 2 fully saturated rings. The third-order valence-corrected chi connectivity index (χ3v) is 5.11. The van der Waals surface area contributed by atoms with Crippen LogP contribution in [-0.2, 0) is 4.79 Å². The molecule has 3 N–H and O–H groups in total. The molecule has 0 aliphatic heterocycles. The van der Waals surface area contributed by atoms with Gasteiger partial charge < -0.3 is 15.7 Å². The lowest BCUT2D eigenvalue weighted by molar-refractivity contribution is -0.142. The van der Waals surface area contributed by atoms with Crippen molar-refractivity contribution in [2.24, 2.45) is 17.3 Å². The van der Waals surface area contributed by atoms with Crippen LogP contribution in [0.3, 0.4) is 0 Å².